The Morgan fingerprint density at radius 3 is 2.71 bits per heavy atom. The minimum atomic E-state index is -1.09. The molecule has 3 aromatic heterocycles. The quantitative estimate of drug-likeness (QED) is 0.479. The van der Waals surface area contributed by atoms with Crippen molar-refractivity contribution in [3.8, 4) is 10.6 Å². The first-order chi connectivity index (χ1) is 13.5. The van der Waals surface area contributed by atoms with Crippen LogP contribution in [0.25, 0.3) is 21.7 Å². The molecule has 140 valence electrons. The van der Waals surface area contributed by atoms with Crippen LogP contribution < -0.4 is 5.32 Å². The number of carboxylic acid groups (broad SMARTS) is 1. The van der Waals surface area contributed by atoms with Crippen LogP contribution in [0.2, 0.25) is 0 Å². The number of carbonyl (C=O) groups is 2. The van der Waals surface area contributed by atoms with Crippen molar-refractivity contribution in [1.29, 1.82) is 0 Å². The number of aromatic nitrogens is 3. The van der Waals surface area contributed by atoms with Gasteiger partial charge in [-0.1, -0.05) is 12.1 Å². The molecule has 0 aliphatic carbocycles. The highest BCUT2D eigenvalue weighted by Crippen LogP contribution is 2.28. The topological polar surface area (TPSA) is 108 Å². The number of nitrogens with zero attached hydrogens (tertiary/aromatic N) is 2. The van der Waals surface area contributed by atoms with Crippen LogP contribution in [0.5, 0.6) is 0 Å². The van der Waals surface area contributed by atoms with Crippen LogP contribution in [0.4, 0.5) is 4.39 Å². The molecule has 0 spiro atoms. The van der Waals surface area contributed by atoms with Gasteiger partial charge in [-0.15, -0.1) is 11.3 Å². The summed E-state index contributed by atoms with van der Waals surface area (Å²) in [5.41, 5.74) is 1.96. The minimum Gasteiger partial charge on any atom is -0.478 e. The van der Waals surface area contributed by atoms with E-state index in [0.29, 0.717) is 21.1 Å². The normalized spacial score (nSPS) is 10.9. The summed E-state index contributed by atoms with van der Waals surface area (Å²) in [6.45, 7) is 0.281. The third-order valence-corrected chi connectivity index (χ3v) is 5.17. The number of aromatic amines is 1. The summed E-state index contributed by atoms with van der Waals surface area (Å²) < 4.78 is 12.9. The van der Waals surface area contributed by atoms with Crippen LogP contribution in [0, 0.1) is 5.82 Å². The highest BCUT2D eigenvalue weighted by Gasteiger charge is 2.16. The zero-order chi connectivity index (χ0) is 19.7. The predicted octanol–water partition coefficient (Wildman–Crippen LogP) is 3.45. The molecule has 0 bridgehead atoms. The van der Waals surface area contributed by atoms with Crippen molar-refractivity contribution >= 4 is 34.4 Å². The lowest BCUT2D eigenvalue weighted by atomic mass is 10.2. The monoisotopic (exact) mass is 396 g/mol. The van der Waals surface area contributed by atoms with Crippen LogP contribution in [0.15, 0.2) is 48.8 Å². The Labute approximate surface area is 161 Å². The van der Waals surface area contributed by atoms with Crippen molar-refractivity contribution < 1.29 is 19.1 Å². The van der Waals surface area contributed by atoms with E-state index in [-0.39, 0.29) is 29.3 Å². The molecule has 7 nitrogen and oxygen atoms in total. The van der Waals surface area contributed by atoms with E-state index >= 15 is 0 Å². The molecule has 1 amide bonds. The molecule has 0 aliphatic heterocycles. The first kappa shape index (κ1) is 17.8. The Hall–Kier alpha value is -3.59. The standard InChI is InChI=1S/C19H13FN4O3S/c20-11-3-1-10(2-4-11)7-23-18(25)15-6-5-14(28-15)13-9-22-17-16(24-13)12(8-21-17)19(26)27/h1-6,8-9H,7H2,(H,21,22)(H,23,25)(H,26,27). The number of hydrogen-bond donors (Lipinski definition) is 3. The first-order valence-electron chi connectivity index (χ1n) is 8.21. The number of hydrogen-bond acceptors (Lipinski definition) is 5. The molecule has 9 heteroatoms. The van der Waals surface area contributed by atoms with Crippen molar-refractivity contribution in [2.45, 2.75) is 6.54 Å². The molecule has 0 fully saturated rings. The average Bonchev–Trinajstić information content (AvgIpc) is 3.34. The van der Waals surface area contributed by atoms with Crippen LogP contribution >= 0.6 is 11.3 Å². The van der Waals surface area contributed by atoms with Crippen molar-refractivity contribution in [3.63, 3.8) is 0 Å². The lowest BCUT2D eigenvalue weighted by Crippen LogP contribution is -2.21. The van der Waals surface area contributed by atoms with Gasteiger partial charge < -0.3 is 15.4 Å². The van der Waals surface area contributed by atoms with Gasteiger partial charge in [0, 0.05) is 12.7 Å². The van der Waals surface area contributed by atoms with Gasteiger partial charge in [0.1, 0.15) is 16.9 Å². The molecular weight excluding hydrogens is 383 g/mol. The number of H-pyrrole nitrogens is 1. The number of carbonyl (C=O) groups excluding carboxylic acids is 1. The largest absolute Gasteiger partial charge is 0.478 e. The number of aromatic carboxylic acids is 1. The lowest BCUT2D eigenvalue weighted by molar-refractivity contribution is 0.0698. The molecule has 3 N–H and O–H groups in total. The number of rotatable bonds is 5. The zero-order valence-corrected chi connectivity index (χ0v) is 15.1. The van der Waals surface area contributed by atoms with E-state index in [1.54, 1.807) is 24.3 Å². The average molecular weight is 396 g/mol. The summed E-state index contributed by atoms with van der Waals surface area (Å²) in [5.74, 6) is -1.68. The fourth-order valence-corrected chi connectivity index (χ4v) is 3.52. The molecule has 1 aromatic carbocycles. The van der Waals surface area contributed by atoms with Gasteiger partial charge in [0.25, 0.3) is 5.91 Å². The van der Waals surface area contributed by atoms with E-state index in [0.717, 1.165) is 5.56 Å². The molecule has 4 aromatic rings. The highest BCUT2D eigenvalue weighted by molar-refractivity contribution is 7.17. The fourth-order valence-electron chi connectivity index (χ4n) is 2.64. The molecular formula is C19H13FN4O3S. The maximum Gasteiger partial charge on any atom is 0.339 e. The number of fused-ring (bicyclic) bond motifs is 1. The number of amides is 1. The van der Waals surface area contributed by atoms with Crippen LogP contribution in [-0.4, -0.2) is 31.9 Å². The van der Waals surface area contributed by atoms with Crippen molar-refractivity contribution in [1.82, 2.24) is 20.3 Å². The van der Waals surface area contributed by atoms with Gasteiger partial charge in [0.05, 0.1) is 21.6 Å². The predicted molar refractivity (Wildman–Crippen MR) is 102 cm³/mol. The van der Waals surface area contributed by atoms with Gasteiger partial charge >= 0.3 is 5.97 Å². The maximum atomic E-state index is 12.9. The van der Waals surface area contributed by atoms with E-state index in [4.69, 9.17) is 0 Å². The van der Waals surface area contributed by atoms with Crippen molar-refractivity contribution in [2.24, 2.45) is 0 Å². The second kappa shape index (κ2) is 7.20. The molecule has 0 radical (unpaired) electrons. The highest BCUT2D eigenvalue weighted by atomic mass is 32.1. The van der Waals surface area contributed by atoms with Crippen LogP contribution in [-0.2, 0) is 6.54 Å². The second-order valence-corrected chi connectivity index (χ2v) is 7.02. The minimum absolute atomic E-state index is 0.0400. The Morgan fingerprint density at radius 1 is 1.18 bits per heavy atom. The second-order valence-electron chi connectivity index (χ2n) is 5.93. The van der Waals surface area contributed by atoms with Gasteiger partial charge in [-0.3, -0.25) is 4.79 Å². The number of benzene rings is 1. The van der Waals surface area contributed by atoms with Crippen molar-refractivity contribution in [3.05, 3.63) is 70.6 Å². The molecule has 3 heterocycles. The van der Waals surface area contributed by atoms with Crippen LogP contribution in [0.1, 0.15) is 25.6 Å². The summed E-state index contributed by atoms with van der Waals surface area (Å²) in [6.07, 6.45) is 2.87. The zero-order valence-electron chi connectivity index (χ0n) is 14.3. The Bertz CT molecular complexity index is 1180. The van der Waals surface area contributed by atoms with E-state index < -0.39 is 5.97 Å². The Morgan fingerprint density at radius 2 is 1.96 bits per heavy atom. The van der Waals surface area contributed by atoms with E-state index in [9.17, 15) is 19.1 Å². The fraction of sp³-hybridized carbons (Fsp3) is 0.0526. The molecule has 4 rings (SSSR count). The number of halogens is 1. The number of carboxylic acids is 1. The molecule has 0 saturated heterocycles. The van der Waals surface area contributed by atoms with Gasteiger partial charge in [-0.25, -0.2) is 19.2 Å². The van der Waals surface area contributed by atoms with Gasteiger partial charge in [0.15, 0.2) is 5.65 Å². The summed E-state index contributed by atoms with van der Waals surface area (Å²) >= 11 is 1.22. The first-order valence-corrected chi connectivity index (χ1v) is 9.03. The van der Waals surface area contributed by atoms with Crippen molar-refractivity contribution in [2.75, 3.05) is 0 Å². The Kier molecular flexibility index (Phi) is 4.58. The summed E-state index contributed by atoms with van der Waals surface area (Å²) in [7, 11) is 0. The van der Waals surface area contributed by atoms with Gasteiger partial charge in [0.2, 0.25) is 0 Å². The lowest BCUT2D eigenvalue weighted by Gasteiger charge is -2.03. The SMILES string of the molecule is O=C(NCc1ccc(F)cc1)c1ccc(-c2cnc3[nH]cc(C(=O)O)c3n2)s1. The molecule has 0 saturated carbocycles. The molecule has 28 heavy (non-hydrogen) atoms. The molecule has 0 unspecified atom stereocenters. The van der Waals surface area contributed by atoms with E-state index in [1.165, 1.54) is 35.9 Å². The summed E-state index contributed by atoms with van der Waals surface area (Å²) in [4.78, 5) is 36.1. The smallest absolute Gasteiger partial charge is 0.339 e. The molecule has 0 atom stereocenters. The maximum absolute atomic E-state index is 12.9. The third kappa shape index (κ3) is 3.47. The summed E-state index contributed by atoms with van der Waals surface area (Å²) in [5, 5.41) is 12.0. The van der Waals surface area contributed by atoms with E-state index in [1.807, 2.05) is 0 Å². The summed E-state index contributed by atoms with van der Waals surface area (Å²) in [6, 6.07) is 9.30. The third-order valence-electron chi connectivity index (χ3n) is 4.06. The van der Waals surface area contributed by atoms with Gasteiger partial charge in [-0.2, -0.15) is 0 Å². The Balaban J connectivity index is 1.52. The number of nitrogens with one attached hydrogen (secondary N) is 2. The number of thiophene rings is 1. The molecule has 0 aliphatic rings. The van der Waals surface area contributed by atoms with Crippen LogP contribution in [0.3, 0.4) is 0 Å². The van der Waals surface area contributed by atoms with Gasteiger partial charge in [-0.05, 0) is 29.8 Å². The van der Waals surface area contributed by atoms with E-state index in [2.05, 4.69) is 20.3 Å².